The number of amides is 1. The number of fused-ring (bicyclic) bond motifs is 4. The molecule has 4 aromatic carbocycles. The minimum absolute atomic E-state index is 0.0750. The molecule has 8 rings (SSSR count). The van der Waals surface area contributed by atoms with Crippen LogP contribution in [0.15, 0.2) is 109 Å². The highest BCUT2D eigenvalue weighted by atomic mass is 35.5. The van der Waals surface area contributed by atoms with Crippen LogP contribution in [-0.4, -0.2) is 65.4 Å². The van der Waals surface area contributed by atoms with Crippen molar-refractivity contribution >= 4 is 51.9 Å². The Morgan fingerprint density at radius 1 is 0.966 bits per heavy atom. The second kappa shape index (κ2) is 16.8. The van der Waals surface area contributed by atoms with Gasteiger partial charge < -0.3 is 19.2 Å². The molecule has 4 aromatic rings. The third-order valence-electron chi connectivity index (χ3n) is 13.5. The predicted molar refractivity (Wildman–Crippen MR) is 239 cm³/mol. The molecule has 4 aliphatic rings. The summed E-state index contributed by atoms with van der Waals surface area (Å²) in [5.74, 6) is 0.314. The number of allylic oxidation sites excluding steroid dienone is 1. The Morgan fingerprint density at radius 3 is 2.37 bits per heavy atom. The summed E-state index contributed by atoms with van der Waals surface area (Å²) < 4.78 is 45.0. The largest absolute Gasteiger partial charge is 0.490 e. The second-order valence-corrected chi connectivity index (χ2v) is 24.9. The van der Waals surface area contributed by atoms with Gasteiger partial charge in [-0.1, -0.05) is 111 Å². The van der Waals surface area contributed by atoms with E-state index in [2.05, 4.69) is 66.8 Å². The molecule has 2 N–H and O–H groups in total. The molecular weight excluding hydrogens is 796 g/mol. The quantitative estimate of drug-likeness (QED) is 0.150. The summed E-state index contributed by atoms with van der Waals surface area (Å²) in [7, 11) is -7.10. The van der Waals surface area contributed by atoms with E-state index in [0.29, 0.717) is 31.9 Å². The van der Waals surface area contributed by atoms with Gasteiger partial charge in [-0.05, 0) is 120 Å². The highest BCUT2D eigenvalue weighted by Gasteiger charge is 2.50. The van der Waals surface area contributed by atoms with Gasteiger partial charge in [0.1, 0.15) is 5.75 Å². The van der Waals surface area contributed by atoms with Crippen molar-refractivity contribution in [3.05, 3.63) is 131 Å². The van der Waals surface area contributed by atoms with Crippen molar-refractivity contribution in [3.8, 4) is 5.75 Å². The lowest BCUT2D eigenvalue weighted by atomic mass is 9.68. The van der Waals surface area contributed by atoms with E-state index in [-0.39, 0.29) is 47.3 Å². The fourth-order valence-corrected chi connectivity index (χ4v) is 16.5. The normalized spacial score (nSPS) is 26.3. The molecule has 2 heterocycles. The van der Waals surface area contributed by atoms with Crippen LogP contribution in [-0.2, 0) is 26.3 Å². The van der Waals surface area contributed by atoms with Crippen LogP contribution in [0.1, 0.15) is 87.2 Å². The van der Waals surface area contributed by atoms with E-state index in [1.807, 2.05) is 60.7 Å². The van der Waals surface area contributed by atoms with Crippen LogP contribution in [0, 0.1) is 11.8 Å². The summed E-state index contributed by atoms with van der Waals surface area (Å²) >= 11 is 6.47. The third kappa shape index (κ3) is 8.28. The number of nitrogens with zero attached hydrogens (tertiary/aromatic N) is 1. The van der Waals surface area contributed by atoms with E-state index < -0.39 is 35.6 Å². The summed E-state index contributed by atoms with van der Waals surface area (Å²) in [5.41, 5.74) is 3.21. The SMILES string of the molecule is CC(C)(C)[Si](OCC[C@@H]1CC/C=C/[C@H](O)[C@@H]2CC[C@H]2CN2C[C@@]3(CCCc4cc(Cl)ccc43)COc3ccc(cc32)C(=O)NS1(=O)=O)(c1ccccc1)c1ccccc1. The third-order valence-corrected chi connectivity index (χ3v) is 20.6. The average Bonchev–Trinajstić information content (AvgIpc) is 3.35. The first kappa shape index (κ1) is 41.8. The van der Waals surface area contributed by atoms with Gasteiger partial charge in [0.2, 0.25) is 10.0 Å². The van der Waals surface area contributed by atoms with Crippen LogP contribution >= 0.6 is 11.6 Å². The number of hydrogen-bond donors (Lipinski definition) is 2. The monoisotopic (exact) mass is 852 g/mol. The standard InChI is InChI=1S/C48H57ClN2O6SSi/c1-47(2,3)59(39-15-6-4-7-16-39,40-17-8-5-9-18-40)57-28-26-38-14-10-11-19-44(52)41-23-20-36(41)31-51-32-48(27-12-13-34-29-37(49)22-24-42(34)48)33-56-45-25-21-35(30-43(45)51)46(53)50-58(38,54)55/h4-9,11,15-19,21-22,24-25,29-30,36,38,41,44,52H,10,12-14,20,23,26-28,31-33H2,1-3H3,(H,50,53)/b19-11+/t36-,38-,41+,44-,48-/m0/s1. The van der Waals surface area contributed by atoms with Crippen LogP contribution in [0.5, 0.6) is 5.75 Å². The molecule has 11 heteroatoms. The van der Waals surface area contributed by atoms with Crippen molar-refractivity contribution in [2.45, 2.75) is 93.9 Å². The molecule has 8 nitrogen and oxygen atoms in total. The highest BCUT2D eigenvalue weighted by Crippen LogP contribution is 2.47. The summed E-state index contributed by atoms with van der Waals surface area (Å²) in [6.45, 7) is 8.60. The molecule has 2 aliphatic heterocycles. The molecule has 0 saturated heterocycles. The Kier molecular flexibility index (Phi) is 11.9. The minimum Gasteiger partial charge on any atom is -0.490 e. The molecule has 0 unspecified atom stereocenters. The smallest absolute Gasteiger partial charge is 0.264 e. The zero-order chi connectivity index (χ0) is 41.4. The van der Waals surface area contributed by atoms with Crippen LogP contribution in [0.3, 0.4) is 0 Å². The van der Waals surface area contributed by atoms with Crippen molar-refractivity contribution < 1.29 is 27.5 Å². The van der Waals surface area contributed by atoms with Gasteiger partial charge in [0.05, 0.1) is 23.6 Å². The number of hydrogen-bond acceptors (Lipinski definition) is 7. The van der Waals surface area contributed by atoms with Gasteiger partial charge in [-0.25, -0.2) is 13.1 Å². The highest BCUT2D eigenvalue weighted by molar-refractivity contribution is 7.90. The molecule has 1 fully saturated rings. The number of aliphatic hydroxyl groups is 1. The second-order valence-electron chi connectivity index (χ2n) is 18.2. The van der Waals surface area contributed by atoms with Gasteiger partial charge in [-0.3, -0.25) is 4.79 Å². The molecule has 1 spiro atoms. The minimum atomic E-state index is -4.17. The lowest BCUT2D eigenvalue weighted by Crippen LogP contribution is -2.66. The molecule has 312 valence electrons. The van der Waals surface area contributed by atoms with Crippen LogP contribution < -0.4 is 24.7 Å². The van der Waals surface area contributed by atoms with Crippen molar-refractivity contribution in [3.63, 3.8) is 0 Å². The lowest BCUT2D eigenvalue weighted by molar-refractivity contribution is 0.0456. The van der Waals surface area contributed by atoms with E-state index in [1.54, 1.807) is 12.1 Å². The Hall–Kier alpha value is -3.93. The summed E-state index contributed by atoms with van der Waals surface area (Å²) in [6.07, 6.45) is 8.83. The molecule has 2 aliphatic carbocycles. The molecule has 2 bridgehead atoms. The van der Waals surface area contributed by atoms with E-state index >= 15 is 0 Å². The maximum absolute atomic E-state index is 14.4. The van der Waals surface area contributed by atoms with E-state index in [0.717, 1.165) is 53.2 Å². The number of halogens is 1. The average molecular weight is 854 g/mol. The van der Waals surface area contributed by atoms with Gasteiger partial charge in [-0.15, -0.1) is 0 Å². The molecular formula is C48H57ClN2O6SSi. The number of carbonyl (C=O) groups is 1. The van der Waals surface area contributed by atoms with Crippen molar-refractivity contribution in [1.82, 2.24) is 4.72 Å². The predicted octanol–water partition coefficient (Wildman–Crippen LogP) is 7.95. The first-order valence-corrected chi connectivity index (χ1v) is 25.1. The van der Waals surface area contributed by atoms with Gasteiger partial charge in [0, 0.05) is 35.7 Å². The van der Waals surface area contributed by atoms with Crippen molar-refractivity contribution in [2.24, 2.45) is 11.8 Å². The van der Waals surface area contributed by atoms with Crippen LogP contribution in [0.25, 0.3) is 0 Å². The zero-order valence-electron chi connectivity index (χ0n) is 34.4. The van der Waals surface area contributed by atoms with Crippen molar-refractivity contribution in [1.29, 1.82) is 0 Å². The summed E-state index contributed by atoms with van der Waals surface area (Å²) in [6, 6.07) is 32.0. The number of rotatable bonds is 6. The first-order valence-electron chi connectivity index (χ1n) is 21.3. The number of benzene rings is 4. The Balaban J connectivity index is 1.11. The molecule has 0 aromatic heterocycles. The summed E-state index contributed by atoms with van der Waals surface area (Å²) in [5, 5.41) is 13.3. The molecule has 1 amide bonds. The van der Waals surface area contributed by atoms with Crippen molar-refractivity contribution in [2.75, 3.05) is 31.2 Å². The summed E-state index contributed by atoms with van der Waals surface area (Å²) in [4.78, 5) is 16.4. The Bertz CT molecular complexity index is 2240. The Morgan fingerprint density at radius 2 is 1.69 bits per heavy atom. The first-order chi connectivity index (χ1) is 28.3. The van der Waals surface area contributed by atoms with Gasteiger partial charge >= 0.3 is 0 Å². The fourth-order valence-electron chi connectivity index (χ4n) is 10.3. The number of ether oxygens (including phenoxy) is 1. The molecule has 0 radical (unpaired) electrons. The number of aliphatic hydroxyl groups excluding tert-OH is 1. The zero-order valence-corrected chi connectivity index (χ0v) is 37.0. The number of aryl methyl sites for hydroxylation is 1. The van der Waals surface area contributed by atoms with Gasteiger partial charge in [-0.2, -0.15) is 0 Å². The van der Waals surface area contributed by atoms with E-state index in [4.69, 9.17) is 20.8 Å². The topological polar surface area (TPSA) is 105 Å². The fraction of sp³-hybridized carbons (Fsp3) is 0.438. The lowest BCUT2D eigenvalue weighted by Gasteiger charge is -2.45. The maximum atomic E-state index is 14.4. The van der Waals surface area contributed by atoms with E-state index in [9.17, 15) is 18.3 Å². The molecule has 59 heavy (non-hydrogen) atoms. The Labute approximate surface area is 356 Å². The number of nitrogens with one attached hydrogen (secondary N) is 1. The van der Waals surface area contributed by atoms with Gasteiger partial charge in [0.25, 0.3) is 14.2 Å². The molecule has 1 saturated carbocycles. The maximum Gasteiger partial charge on any atom is 0.264 e. The number of anilines is 1. The van der Waals surface area contributed by atoms with Crippen LogP contribution in [0.4, 0.5) is 5.69 Å². The van der Waals surface area contributed by atoms with Gasteiger partial charge in [0.15, 0.2) is 0 Å². The number of carbonyl (C=O) groups excluding carboxylic acids is 1. The number of sulfonamides is 1. The van der Waals surface area contributed by atoms with Crippen LogP contribution in [0.2, 0.25) is 10.1 Å². The molecule has 5 atom stereocenters. The van der Waals surface area contributed by atoms with E-state index in [1.165, 1.54) is 11.1 Å².